The van der Waals surface area contributed by atoms with Crippen LogP contribution in [0.5, 0.6) is 5.75 Å². The van der Waals surface area contributed by atoms with Gasteiger partial charge in [-0.15, -0.1) is 24.8 Å². The van der Waals surface area contributed by atoms with Gasteiger partial charge in [-0.25, -0.2) is 0 Å². The number of aromatic nitrogens is 2. The minimum atomic E-state index is 0. The molecular formula is C23H25AsCl3N3O. The van der Waals surface area contributed by atoms with Crippen molar-refractivity contribution in [3.8, 4) is 5.75 Å². The zero-order valence-corrected chi connectivity index (χ0v) is 21.4. The summed E-state index contributed by atoms with van der Waals surface area (Å²) in [5.74, 6) is 2.35. The third kappa shape index (κ3) is 6.52. The topological polar surface area (TPSA) is 47.0 Å². The van der Waals surface area contributed by atoms with E-state index in [2.05, 4.69) is 22.2 Å². The van der Waals surface area contributed by atoms with Gasteiger partial charge in [0.25, 0.3) is 0 Å². The molecular weight excluding hydrogens is 516 g/mol. The van der Waals surface area contributed by atoms with Crippen molar-refractivity contribution in [1.82, 2.24) is 9.97 Å². The standard InChI is InChI=1S/C23H23AsClN3O.2ClH/c1-29-17-11-12-20-18(14-17)23(27-21-5-3-2-4-19(21)24)28-22(26-20)13-8-15-6-9-16(25)10-7-15;;/h6-14,19,21H,2-5H2,1H3,(H,26,27,28);2*1H/t19-,21+;;/m1../s1. The average Bonchev–Trinajstić information content (AvgIpc) is 2.74. The molecule has 31 heavy (non-hydrogen) atoms. The molecule has 0 saturated heterocycles. The Kier molecular flexibility index (Phi) is 9.96. The van der Waals surface area contributed by atoms with Crippen LogP contribution in [0.2, 0.25) is 9.73 Å². The Bertz CT molecular complexity index is 1030. The number of rotatable bonds is 5. The van der Waals surface area contributed by atoms with E-state index < -0.39 is 0 Å². The molecule has 1 fully saturated rings. The predicted octanol–water partition coefficient (Wildman–Crippen LogP) is 6.62. The number of anilines is 1. The Morgan fingerprint density at radius 3 is 2.48 bits per heavy atom. The molecule has 1 N–H and O–H groups in total. The molecule has 1 aromatic heterocycles. The summed E-state index contributed by atoms with van der Waals surface area (Å²) in [7, 11) is 1.68. The van der Waals surface area contributed by atoms with E-state index in [-0.39, 0.29) is 24.8 Å². The molecule has 3 aromatic rings. The molecule has 0 spiro atoms. The summed E-state index contributed by atoms with van der Waals surface area (Å²) in [6.07, 6.45) is 8.88. The molecule has 0 amide bonds. The maximum atomic E-state index is 5.98. The van der Waals surface area contributed by atoms with E-state index >= 15 is 0 Å². The number of halogens is 3. The zero-order chi connectivity index (χ0) is 20.2. The van der Waals surface area contributed by atoms with Crippen molar-refractivity contribution < 1.29 is 4.74 Å². The van der Waals surface area contributed by atoms with Gasteiger partial charge in [-0.05, 0) is 0 Å². The van der Waals surface area contributed by atoms with Gasteiger partial charge in [0.15, 0.2) is 0 Å². The molecule has 2 aromatic carbocycles. The van der Waals surface area contributed by atoms with Crippen molar-refractivity contribution in [3.63, 3.8) is 0 Å². The summed E-state index contributed by atoms with van der Waals surface area (Å²) in [5, 5.41) is 5.41. The molecule has 0 bridgehead atoms. The van der Waals surface area contributed by atoms with Crippen LogP contribution in [-0.2, 0) is 0 Å². The van der Waals surface area contributed by atoms with Crippen LogP contribution >= 0.6 is 36.4 Å². The Morgan fingerprint density at radius 2 is 1.77 bits per heavy atom. The zero-order valence-electron chi connectivity index (χ0n) is 17.1. The molecule has 1 saturated carbocycles. The molecule has 8 heteroatoms. The number of ether oxygens (including phenoxy) is 1. The van der Waals surface area contributed by atoms with Crippen molar-refractivity contribution in [2.45, 2.75) is 36.4 Å². The van der Waals surface area contributed by atoms with Gasteiger partial charge in [0, 0.05) is 0 Å². The molecule has 4 rings (SSSR count). The van der Waals surface area contributed by atoms with Crippen LogP contribution in [0, 0.1) is 0 Å². The average molecular weight is 541 g/mol. The molecule has 1 aliphatic carbocycles. The summed E-state index contributed by atoms with van der Waals surface area (Å²) >= 11 is 8.80. The first kappa shape index (κ1) is 25.8. The molecule has 4 nitrogen and oxygen atoms in total. The molecule has 0 unspecified atom stereocenters. The second-order valence-electron chi connectivity index (χ2n) is 7.30. The van der Waals surface area contributed by atoms with E-state index in [4.69, 9.17) is 26.3 Å². The summed E-state index contributed by atoms with van der Waals surface area (Å²) in [6.45, 7) is 0. The maximum absolute atomic E-state index is 5.98. The van der Waals surface area contributed by atoms with Crippen LogP contribution in [0.1, 0.15) is 37.1 Å². The number of methoxy groups -OCH3 is 1. The van der Waals surface area contributed by atoms with Crippen LogP contribution in [0.3, 0.4) is 0 Å². The number of hydrogen-bond donors (Lipinski definition) is 1. The maximum Gasteiger partial charge on any atom is -0.147 e. The third-order valence-corrected chi connectivity index (χ3v) is 6.82. The molecule has 0 aliphatic heterocycles. The van der Waals surface area contributed by atoms with Gasteiger partial charge in [0.1, 0.15) is 0 Å². The van der Waals surface area contributed by atoms with Crippen molar-refractivity contribution in [3.05, 3.63) is 58.9 Å². The van der Waals surface area contributed by atoms with Gasteiger partial charge in [0.2, 0.25) is 0 Å². The Hall–Kier alpha value is -1.45. The first-order valence-electron chi connectivity index (χ1n) is 9.86. The van der Waals surface area contributed by atoms with Crippen molar-refractivity contribution in [2.75, 3.05) is 12.4 Å². The number of hydrogen-bond acceptors (Lipinski definition) is 4. The normalized spacial score (nSPS) is 18.3. The predicted molar refractivity (Wildman–Crippen MR) is 136 cm³/mol. The number of nitrogens with zero attached hydrogens (tertiary/aromatic N) is 2. The Morgan fingerprint density at radius 1 is 1.03 bits per heavy atom. The summed E-state index contributed by atoms with van der Waals surface area (Å²) in [6, 6.07) is 14.0. The summed E-state index contributed by atoms with van der Waals surface area (Å²) < 4.78 is 5.99. The smallest absolute Gasteiger partial charge is 0.147 e. The molecule has 1 heterocycles. The van der Waals surface area contributed by atoms with Crippen LogP contribution in [-0.4, -0.2) is 40.0 Å². The van der Waals surface area contributed by atoms with Crippen molar-refractivity contribution >= 4 is 82.1 Å². The number of fused-ring (bicyclic) bond motifs is 1. The quantitative estimate of drug-likeness (QED) is 0.370. The fourth-order valence-electron chi connectivity index (χ4n) is 3.64. The van der Waals surface area contributed by atoms with E-state index in [0.29, 0.717) is 16.6 Å². The molecule has 2 radical (unpaired) electrons. The van der Waals surface area contributed by atoms with Crippen LogP contribution in [0.15, 0.2) is 42.5 Å². The van der Waals surface area contributed by atoms with Crippen molar-refractivity contribution in [2.24, 2.45) is 0 Å². The largest absolute Gasteiger partial charge is 0.147 e. The molecule has 164 valence electrons. The monoisotopic (exact) mass is 539 g/mol. The van der Waals surface area contributed by atoms with Gasteiger partial charge in [-0.2, -0.15) is 0 Å². The van der Waals surface area contributed by atoms with Crippen LogP contribution in [0.4, 0.5) is 5.82 Å². The van der Waals surface area contributed by atoms with E-state index in [9.17, 15) is 0 Å². The second-order valence-corrected chi connectivity index (χ2v) is 9.13. The van der Waals surface area contributed by atoms with Crippen LogP contribution in [0.25, 0.3) is 23.1 Å². The van der Waals surface area contributed by atoms with Gasteiger partial charge in [-0.3, -0.25) is 0 Å². The van der Waals surface area contributed by atoms with Gasteiger partial charge >= 0.3 is 174 Å². The number of nitrogens with one attached hydrogen (secondary N) is 1. The van der Waals surface area contributed by atoms with Crippen LogP contribution < -0.4 is 10.1 Å². The summed E-state index contributed by atoms with van der Waals surface area (Å²) in [4.78, 5) is 9.57. The minimum absolute atomic E-state index is 0. The molecule has 1 aliphatic rings. The Balaban J connectivity index is 0.00000171. The fraction of sp³-hybridized carbons (Fsp3) is 0.304. The SMILES string of the molecule is COc1ccc2nc(C=Cc3ccc(Cl)cc3)nc(N[C@H]3CCCC[C@H]3[As])c2c1.Cl.Cl. The molecule has 2 atom stereocenters. The van der Waals surface area contributed by atoms with E-state index in [1.54, 1.807) is 7.11 Å². The second kappa shape index (κ2) is 12.0. The fourth-order valence-corrected chi connectivity index (χ4v) is 4.62. The van der Waals surface area contributed by atoms with E-state index in [0.717, 1.165) is 39.5 Å². The Labute approximate surface area is 209 Å². The first-order valence-corrected chi connectivity index (χ1v) is 11.3. The van der Waals surface area contributed by atoms with E-state index in [1.165, 1.54) is 19.3 Å². The minimum Gasteiger partial charge on any atom is -0.147 e. The van der Waals surface area contributed by atoms with Gasteiger partial charge < -0.3 is 0 Å². The van der Waals surface area contributed by atoms with Gasteiger partial charge in [0.05, 0.1) is 0 Å². The van der Waals surface area contributed by atoms with Crippen molar-refractivity contribution in [1.29, 1.82) is 0 Å². The summed E-state index contributed by atoms with van der Waals surface area (Å²) in [5.41, 5.74) is 1.96. The first-order chi connectivity index (χ1) is 14.1. The van der Waals surface area contributed by atoms with Gasteiger partial charge in [-0.1, -0.05) is 11.6 Å². The third-order valence-electron chi connectivity index (χ3n) is 5.27. The number of benzene rings is 2. The van der Waals surface area contributed by atoms with E-state index in [1.807, 2.05) is 54.6 Å².